The molecule has 3 rings (SSSR count). The third kappa shape index (κ3) is 5.85. The molecule has 172 valence electrons. The normalized spacial score (nSPS) is 14.2. The van der Waals surface area contributed by atoms with E-state index in [9.17, 15) is 4.79 Å². The predicted molar refractivity (Wildman–Crippen MR) is 129 cm³/mol. The second-order valence-corrected chi connectivity index (χ2v) is 7.82. The molecule has 0 radical (unpaired) electrons. The summed E-state index contributed by atoms with van der Waals surface area (Å²) in [6.45, 7) is 11.0. The summed E-state index contributed by atoms with van der Waals surface area (Å²) in [5.74, 6) is 0.617. The Morgan fingerprint density at radius 1 is 1.30 bits per heavy atom. The second-order valence-electron chi connectivity index (χ2n) is 7.46. The van der Waals surface area contributed by atoms with E-state index in [-0.39, 0.29) is 11.3 Å². The molecular weight excluding hydrogens is 442 g/mol. The SMILES string of the molecule is [C-]#[N+]c1cccc(/C(=C/CCCN2CCOC2=O)c2cc(C)c(OC)c(/C(Cl)=N/OC)c2)c1. The van der Waals surface area contributed by atoms with Crippen LogP contribution in [0.15, 0.2) is 47.6 Å². The number of benzene rings is 2. The number of oxime groups is 1. The van der Waals surface area contributed by atoms with Crippen LogP contribution in [-0.2, 0) is 9.57 Å². The second kappa shape index (κ2) is 11.4. The Balaban J connectivity index is 2.00. The number of rotatable bonds is 9. The van der Waals surface area contributed by atoms with Crippen LogP contribution in [0.5, 0.6) is 5.75 Å². The van der Waals surface area contributed by atoms with E-state index in [1.54, 1.807) is 18.1 Å². The number of aryl methyl sites for hydroxylation is 1. The van der Waals surface area contributed by atoms with Crippen LogP contribution in [0.3, 0.4) is 0 Å². The van der Waals surface area contributed by atoms with Gasteiger partial charge in [0.25, 0.3) is 0 Å². The first kappa shape index (κ1) is 24.1. The first-order valence-electron chi connectivity index (χ1n) is 10.5. The number of halogens is 1. The highest BCUT2D eigenvalue weighted by molar-refractivity contribution is 6.69. The van der Waals surface area contributed by atoms with Crippen molar-refractivity contribution in [2.24, 2.45) is 5.16 Å². The van der Waals surface area contributed by atoms with Gasteiger partial charge in [-0.1, -0.05) is 41.0 Å². The lowest BCUT2D eigenvalue weighted by Crippen LogP contribution is -2.25. The fraction of sp³-hybridized carbons (Fsp3) is 0.320. The molecule has 1 aliphatic heterocycles. The molecule has 1 amide bonds. The van der Waals surface area contributed by atoms with Crippen molar-refractivity contribution in [2.45, 2.75) is 19.8 Å². The van der Waals surface area contributed by atoms with Gasteiger partial charge in [0.1, 0.15) is 19.5 Å². The monoisotopic (exact) mass is 467 g/mol. The van der Waals surface area contributed by atoms with E-state index in [1.807, 2.05) is 37.3 Å². The van der Waals surface area contributed by atoms with Gasteiger partial charge in [0.05, 0.1) is 25.8 Å². The van der Waals surface area contributed by atoms with Crippen LogP contribution in [0.25, 0.3) is 10.4 Å². The molecule has 2 aromatic rings. The summed E-state index contributed by atoms with van der Waals surface area (Å²) in [4.78, 5) is 21.8. The topological polar surface area (TPSA) is 64.7 Å². The third-order valence-electron chi connectivity index (χ3n) is 5.30. The fourth-order valence-corrected chi connectivity index (χ4v) is 4.00. The fourth-order valence-electron chi connectivity index (χ4n) is 3.79. The smallest absolute Gasteiger partial charge is 0.409 e. The van der Waals surface area contributed by atoms with Crippen LogP contribution in [0, 0.1) is 13.5 Å². The number of carbonyl (C=O) groups is 1. The third-order valence-corrected chi connectivity index (χ3v) is 5.57. The number of amides is 1. The van der Waals surface area contributed by atoms with Gasteiger partial charge in [-0.05, 0) is 60.2 Å². The summed E-state index contributed by atoms with van der Waals surface area (Å²) in [5.41, 5.74) is 4.85. The standard InChI is InChI=1S/C25H26ClN3O4/c1-17-14-19(16-22(23(17)31-3)24(26)28-32-4)21(18-8-7-9-20(15-18)27-2)10-5-6-11-29-12-13-33-25(29)30/h7-10,14-16H,5-6,11-13H2,1,3-4H3/b21-10-,28-24-. The summed E-state index contributed by atoms with van der Waals surface area (Å²) in [5, 5.41) is 4.05. The van der Waals surface area contributed by atoms with Crippen molar-refractivity contribution in [3.63, 3.8) is 0 Å². The molecular formula is C25H26ClN3O4. The summed E-state index contributed by atoms with van der Waals surface area (Å²) in [6, 6.07) is 11.4. The van der Waals surface area contributed by atoms with Crippen molar-refractivity contribution in [2.75, 3.05) is 33.9 Å². The Kier molecular flexibility index (Phi) is 8.34. The maximum Gasteiger partial charge on any atom is 0.409 e. The minimum Gasteiger partial charge on any atom is -0.496 e. The van der Waals surface area contributed by atoms with E-state index >= 15 is 0 Å². The number of carbonyl (C=O) groups excluding carboxylic acids is 1. The highest BCUT2D eigenvalue weighted by Gasteiger charge is 2.21. The zero-order valence-electron chi connectivity index (χ0n) is 18.9. The molecule has 1 heterocycles. The Bertz CT molecular complexity index is 1120. The van der Waals surface area contributed by atoms with Gasteiger partial charge in [-0.2, -0.15) is 0 Å². The maximum atomic E-state index is 11.7. The summed E-state index contributed by atoms with van der Waals surface area (Å²) < 4.78 is 10.6. The Morgan fingerprint density at radius 3 is 2.79 bits per heavy atom. The Hall–Kier alpha value is -3.50. The molecule has 33 heavy (non-hydrogen) atoms. The highest BCUT2D eigenvalue weighted by Crippen LogP contribution is 2.34. The number of ether oxygens (including phenoxy) is 2. The molecule has 8 heteroatoms. The van der Waals surface area contributed by atoms with Crippen LogP contribution in [0.1, 0.15) is 35.1 Å². The minimum absolute atomic E-state index is 0.182. The van der Waals surface area contributed by atoms with Gasteiger partial charge in [0, 0.05) is 6.54 Å². The van der Waals surface area contributed by atoms with Crippen LogP contribution < -0.4 is 4.74 Å². The number of allylic oxidation sites excluding steroid dienone is 1. The molecule has 0 saturated carbocycles. The van der Waals surface area contributed by atoms with Gasteiger partial charge in [0.15, 0.2) is 10.9 Å². The van der Waals surface area contributed by atoms with E-state index < -0.39 is 0 Å². The van der Waals surface area contributed by atoms with Crippen LogP contribution in [0.2, 0.25) is 0 Å². The summed E-state index contributed by atoms with van der Waals surface area (Å²) in [7, 11) is 3.02. The van der Waals surface area contributed by atoms with Crippen molar-refractivity contribution in [1.82, 2.24) is 4.90 Å². The number of methoxy groups -OCH3 is 1. The first-order chi connectivity index (χ1) is 16.0. The molecule has 0 unspecified atom stereocenters. The molecule has 1 saturated heterocycles. The number of hydrogen-bond acceptors (Lipinski definition) is 5. The number of cyclic esters (lactones) is 1. The number of unbranched alkanes of at least 4 members (excludes halogenated alkanes) is 1. The van der Waals surface area contributed by atoms with Crippen molar-refractivity contribution in [1.29, 1.82) is 0 Å². The minimum atomic E-state index is -0.258. The van der Waals surface area contributed by atoms with Crippen molar-refractivity contribution >= 4 is 34.1 Å². The average Bonchev–Trinajstić information content (AvgIpc) is 3.23. The van der Waals surface area contributed by atoms with Gasteiger partial charge in [-0.25, -0.2) is 9.64 Å². The summed E-state index contributed by atoms with van der Waals surface area (Å²) >= 11 is 6.38. The molecule has 2 aromatic carbocycles. The van der Waals surface area contributed by atoms with Crippen LogP contribution in [0.4, 0.5) is 10.5 Å². The quantitative estimate of drug-likeness (QED) is 0.203. The van der Waals surface area contributed by atoms with Gasteiger partial charge >= 0.3 is 6.09 Å². The number of hydrogen-bond donors (Lipinski definition) is 0. The van der Waals surface area contributed by atoms with Gasteiger partial charge < -0.3 is 19.2 Å². The van der Waals surface area contributed by atoms with Crippen LogP contribution in [-0.4, -0.2) is 50.1 Å². The Labute approximate surface area is 199 Å². The average molecular weight is 468 g/mol. The predicted octanol–water partition coefficient (Wildman–Crippen LogP) is 5.77. The molecule has 0 aliphatic carbocycles. The summed E-state index contributed by atoms with van der Waals surface area (Å²) in [6.07, 6.45) is 3.39. The van der Waals surface area contributed by atoms with E-state index in [0.717, 1.165) is 35.1 Å². The van der Waals surface area contributed by atoms with Crippen molar-refractivity contribution < 1.29 is 19.1 Å². The van der Waals surface area contributed by atoms with Crippen molar-refractivity contribution in [3.8, 4) is 5.75 Å². The largest absolute Gasteiger partial charge is 0.496 e. The molecule has 0 aromatic heterocycles. The highest BCUT2D eigenvalue weighted by atomic mass is 35.5. The van der Waals surface area contributed by atoms with E-state index in [1.165, 1.54) is 7.11 Å². The molecule has 1 aliphatic rings. The van der Waals surface area contributed by atoms with Gasteiger partial charge in [0.2, 0.25) is 0 Å². The molecule has 0 bridgehead atoms. The van der Waals surface area contributed by atoms with Crippen molar-refractivity contribution in [3.05, 3.63) is 76.1 Å². The number of nitrogens with zero attached hydrogens (tertiary/aromatic N) is 3. The van der Waals surface area contributed by atoms with Gasteiger partial charge in [-0.15, -0.1) is 0 Å². The van der Waals surface area contributed by atoms with E-state index in [0.29, 0.717) is 36.7 Å². The molecule has 0 spiro atoms. The van der Waals surface area contributed by atoms with Gasteiger partial charge in [-0.3, -0.25) is 0 Å². The molecule has 7 nitrogen and oxygen atoms in total. The maximum absolute atomic E-state index is 11.7. The first-order valence-corrected chi connectivity index (χ1v) is 10.9. The lowest BCUT2D eigenvalue weighted by atomic mass is 9.93. The zero-order valence-corrected chi connectivity index (χ0v) is 19.7. The zero-order chi connectivity index (χ0) is 23.8. The van der Waals surface area contributed by atoms with E-state index in [4.69, 9.17) is 32.5 Å². The molecule has 0 N–H and O–H groups in total. The van der Waals surface area contributed by atoms with Crippen LogP contribution >= 0.6 is 11.6 Å². The molecule has 0 atom stereocenters. The lowest BCUT2D eigenvalue weighted by molar-refractivity contribution is 0.158. The molecule has 1 fully saturated rings. The lowest BCUT2D eigenvalue weighted by Gasteiger charge is -2.16. The van der Waals surface area contributed by atoms with E-state index in [2.05, 4.69) is 16.1 Å². The Morgan fingerprint density at radius 2 is 2.12 bits per heavy atom.